The predicted octanol–water partition coefficient (Wildman–Crippen LogP) is 1.59. The van der Waals surface area contributed by atoms with Crippen molar-refractivity contribution >= 4 is 22.5 Å². The van der Waals surface area contributed by atoms with Crippen molar-refractivity contribution in [1.29, 1.82) is 0 Å². The molecule has 1 unspecified atom stereocenters. The lowest BCUT2D eigenvalue weighted by Crippen LogP contribution is -2.43. The molecule has 6 heteroatoms. The summed E-state index contributed by atoms with van der Waals surface area (Å²) in [5.41, 5.74) is 0.0694. The molecule has 1 aliphatic rings. The van der Waals surface area contributed by atoms with Crippen molar-refractivity contribution in [1.82, 2.24) is 0 Å². The highest BCUT2D eigenvalue weighted by Crippen LogP contribution is 2.34. The van der Waals surface area contributed by atoms with E-state index in [1.165, 1.54) is 6.07 Å². The van der Waals surface area contributed by atoms with Gasteiger partial charge in [0.05, 0.1) is 5.56 Å². The number of nitrogens with zero attached hydrogens (tertiary/aromatic N) is 1. The third-order valence-corrected chi connectivity index (χ3v) is 3.03. The minimum atomic E-state index is -1.96. The van der Waals surface area contributed by atoms with E-state index in [0.717, 1.165) is 5.39 Å². The number of carbonyl (C=O) groups excluding carboxylic acids is 2. The first-order valence-corrected chi connectivity index (χ1v) is 5.51. The molecular formula is C13H7NO5. The lowest BCUT2D eigenvalue weighted by Gasteiger charge is -2.18. The van der Waals surface area contributed by atoms with Crippen molar-refractivity contribution in [2.45, 2.75) is 6.04 Å². The molecule has 1 atom stereocenters. The van der Waals surface area contributed by atoms with E-state index in [2.05, 4.69) is 0 Å². The Morgan fingerprint density at radius 1 is 1.11 bits per heavy atom. The van der Waals surface area contributed by atoms with Crippen molar-refractivity contribution in [2.75, 3.05) is 0 Å². The molecule has 0 amide bonds. The lowest BCUT2D eigenvalue weighted by molar-refractivity contribution is -0.493. The second-order valence-corrected chi connectivity index (χ2v) is 4.14. The van der Waals surface area contributed by atoms with Crippen LogP contribution in [0.5, 0.6) is 5.75 Å². The quantitative estimate of drug-likeness (QED) is 0.254. The van der Waals surface area contributed by atoms with E-state index in [1.54, 1.807) is 30.3 Å². The maximum atomic E-state index is 12.0. The summed E-state index contributed by atoms with van der Waals surface area (Å²) in [6.07, 6.45) is 0. The molecule has 2 aromatic rings. The van der Waals surface area contributed by atoms with Gasteiger partial charge in [-0.3, -0.25) is 14.9 Å². The van der Waals surface area contributed by atoms with E-state index in [4.69, 9.17) is 4.74 Å². The molecule has 1 aliphatic heterocycles. The van der Waals surface area contributed by atoms with E-state index in [9.17, 15) is 19.7 Å². The molecule has 0 aromatic heterocycles. The van der Waals surface area contributed by atoms with Gasteiger partial charge in [-0.15, -0.1) is 0 Å². The Morgan fingerprint density at radius 2 is 1.84 bits per heavy atom. The largest absolute Gasteiger partial charge is 0.420 e. The van der Waals surface area contributed by atoms with E-state index in [-0.39, 0.29) is 11.3 Å². The number of benzene rings is 2. The standard InChI is InChI=1S/C13H7NO5/c15-11-9-6-5-7-3-1-2-4-8(7)12(9)19-13(16)10(11)14(17)18/h1-6,10H. The predicted molar refractivity (Wildman–Crippen MR) is 64.7 cm³/mol. The Kier molecular flexibility index (Phi) is 2.31. The number of ketones is 1. The number of hydrogen-bond donors (Lipinski definition) is 0. The second-order valence-electron chi connectivity index (χ2n) is 4.14. The van der Waals surface area contributed by atoms with Crippen LogP contribution in [0, 0.1) is 10.1 Å². The van der Waals surface area contributed by atoms with Crippen LogP contribution in [0.3, 0.4) is 0 Å². The summed E-state index contributed by atoms with van der Waals surface area (Å²) < 4.78 is 4.99. The molecule has 6 nitrogen and oxygen atoms in total. The van der Waals surface area contributed by atoms with Crippen LogP contribution in [0.1, 0.15) is 10.4 Å². The van der Waals surface area contributed by atoms with Gasteiger partial charge in [0.1, 0.15) is 5.75 Å². The highest BCUT2D eigenvalue weighted by Gasteiger charge is 2.46. The van der Waals surface area contributed by atoms with E-state index >= 15 is 0 Å². The van der Waals surface area contributed by atoms with Gasteiger partial charge in [-0.2, -0.15) is 0 Å². The molecule has 94 valence electrons. The number of hydrogen-bond acceptors (Lipinski definition) is 5. The molecule has 0 fully saturated rings. The van der Waals surface area contributed by atoms with Gasteiger partial charge in [-0.1, -0.05) is 30.3 Å². The maximum absolute atomic E-state index is 12.0. The summed E-state index contributed by atoms with van der Waals surface area (Å²) in [6.45, 7) is 0. The monoisotopic (exact) mass is 257 g/mol. The van der Waals surface area contributed by atoms with Crippen molar-refractivity contribution in [3.8, 4) is 5.75 Å². The lowest BCUT2D eigenvalue weighted by atomic mass is 9.97. The minimum Gasteiger partial charge on any atom is -0.420 e. The molecule has 2 aromatic carbocycles. The summed E-state index contributed by atoms with van der Waals surface area (Å²) in [5, 5.41) is 12.1. The average Bonchev–Trinajstić information content (AvgIpc) is 2.38. The first-order valence-electron chi connectivity index (χ1n) is 5.51. The molecule has 1 heterocycles. The van der Waals surface area contributed by atoms with Crippen molar-refractivity contribution < 1.29 is 19.2 Å². The number of Topliss-reactive ketones (excluding diaryl/α,β-unsaturated/α-hetero) is 1. The SMILES string of the molecule is O=C1Oc2c(ccc3ccccc23)C(=O)C1[N+](=O)[O-]. The van der Waals surface area contributed by atoms with Crippen LogP contribution in [0.4, 0.5) is 0 Å². The summed E-state index contributed by atoms with van der Waals surface area (Å²) in [5.74, 6) is -1.87. The fourth-order valence-corrected chi connectivity index (χ4v) is 2.14. The van der Waals surface area contributed by atoms with Crippen molar-refractivity contribution in [3.05, 3.63) is 52.1 Å². The summed E-state index contributed by atoms with van der Waals surface area (Å²) in [6, 6.07) is 8.19. The first kappa shape index (κ1) is 11.3. The number of rotatable bonds is 1. The highest BCUT2D eigenvalue weighted by atomic mass is 16.6. The van der Waals surface area contributed by atoms with Crippen LogP contribution in [0.25, 0.3) is 10.8 Å². The number of fused-ring (bicyclic) bond motifs is 3. The molecule has 19 heavy (non-hydrogen) atoms. The topological polar surface area (TPSA) is 86.5 Å². The second kappa shape index (κ2) is 3.88. The Hall–Kier alpha value is -2.76. The molecule has 0 saturated heterocycles. The number of nitro groups is 1. The molecule has 0 radical (unpaired) electrons. The van der Waals surface area contributed by atoms with Crippen LogP contribution >= 0.6 is 0 Å². The van der Waals surface area contributed by atoms with Gasteiger partial charge in [0.15, 0.2) is 0 Å². The fraction of sp³-hybridized carbons (Fsp3) is 0.0769. The minimum absolute atomic E-state index is 0.0694. The van der Waals surface area contributed by atoms with Gasteiger partial charge < -0.3 is 4.74 Å². The van der Waals surface area contributed by atoms with Gasteiger partial charge >= 0.3 is 12.0 Å². The third-order valence-electron chi connectivity index (χ3n) is 3.03. The third kappa shape index (κ3) is 1.57. The Labute approximate surface area is 106 Å². The molecule has 0 N–H and O–H groups in total. The first-order chi connectivity index (χ1) is 9.09. The average molecular weight is 257 g/mol. The van der Waals surface area contributed by atoms with Gasteiger partial charge in [-0.25, -0.2) is 4.79 Å². The number of ether oxygens (including phenoxy) is 1. The van der Waals surface area contributed by atoms with Gasteiger partial charge in [0, 0.05) is 10.3 Å². The maximum Gasteiger partial charge on any atom is 0.395 e. The molecular weight excluding hydrogens is 250 g/mol. The Morgan fingerprint density at radius 3 is 2.58 bits per heavy atom. The molecule has 0 aliphatic carbocycles. The van der Waals surface area contributed by atoms with Crippen LogP contribution in [0.2, 0.25) is 0 Å². The van der Waals surface area contributed by atoms with Gasteiger partial charge in [0.2, 0.25) is 0 Å². The zero-order valence-electron chi connectivity index (χ0n) is 9.53. The van der Waals surface area contributed by atoms with Crippen LogP contribution in [0.15, 0.2) is 36.4 Å². The summed E-state index contributed by atoms with van der Waals surface area (Å²) in [4.78, 5) is 33.3. The Balaban J connectivity index is 2.27. The number of carbonyl (C=O) groups is 2. The van der Waals surface area contributed by atoms with E-state index in [1.807, 2.05) is 0 Å². The van der Waals surface area contributed by atoms with E-state index < -0.39 is 22.7 Å². The molecule has 0 saturated carbocycles. The zero-order chi connectivity index (χ0) is 13.6. The van der Waals surface area contributed by atoms with E-state index in [0.29, 0.717) is 5.39 Å². The van der Waals surface area contributed by atoms with Crippen LogP contribution in [-0.2, 0) is 4.79 Å². The number of esters is 1. The van der Waals surface area contributed by atoms with Crippen molar-refractivity contribution in [2.24, 2.45) is 0 Å². The fourth-order valence-electron chi connectivity index (χ4n) is 2.14. The van der Waals surface area contributed by atoms with Crippen LogP contribution < -0.4 is 4.74 Å². The van der Waals surface area contributed by atoms with Gasteiger partial charge in [0.25, 0.3) is 5.78 Å². The van der Waals surface area contributed by atoms with Crippen LogP contribution in [-0.4, -0.2) is 22.7 Å². The normalized spacial score (nSPS) is 18.0. The molecule has 0 spiro atoms. The molecule has 3 rings (SSSR count). The van der Waals surface area contributed by atoms with Crippen molar-refractivity contribution in [3.63, 3.8) is 0 Å². The van der Waals surface area contributed by atoms with Gasteiger partial charge in [-0.05, 0) is 11.5 Å². The highest BCUT2D eigenvalue weighted by molar-refractivity contribution is 6.18. The molecule has 0 bridgehead atoms. The smallest absolute Gasteiger partial charge is 0.395 e. The zero-order valence-corrected chi connectivity index (χ0v) is 9.53. The summed E-state index contributed by atoms with van der Waals surface area (Å²) in [7, 11) is 0. The Bertz CT molecular complexity index is 737. The summed E-state index contributed by atoms with van der Waals surface area (Å²) >= 11 is 0.